The molecule has 2 aromatic carbocycles. The Morgan fingerprint density at radius 1 is 1.08 bits per heavy atom. The number of hydrogen-bond acceptors (Lipinski definition) is 3. The van der Waals surface area contributed by atoms with Crippen LogP contribution in [0.25, 0.3) is 0 Å². The van der Waals surface area contributed by atoms with Crippen LogP contribution in [0.5, 0.6) is 0 Å². The molecule has 1 fully saturated rings. The monoisotopic (exact) mass is 341 g/mol. The van der Waals surface area contributed by atoms with E-state index in [4.69, 9.17) is 5.14 Å². The van der Waals surface area contributed by atoms with Gasteiger partial charge in [-0.3, -0.25) is 9.82 Å². The first kappa shape index (κ1) is 16.7. The molecule has 0 radical (unpaired) electrons. The smallest absolute Gasteiger partial charge is 0.123 e. The zero-order valence-corrected chi connectivity index (χ0v) is 14.1. The van der Waals surface area contributed by atoms with Crippen LogP contribution in [0.2, 0.25) is 0 Å². The van der Waals surface area contributed by atoms with Crippen molar-refractivity contribution in [2.75, 3.05) is 0 Å². The van der Waals surface area contributed by atoms with Crippen LogP contribution < -0.4 is 5.14 Å². The van der Waals surface area contributed by atoms with Gasteiger partial charge in [0.1, 0.15) is 5.82 Å². The Kier molecular flexibility index (Phi) is 5.67. The Bertz CT molecular complexity index is 769. The molecule has 1 aliphatic rings. The predicted octanol–water partition coefficient (Wildman–Crippen LogP) is 4.60. The van der Waals surface area contributed by atoms with Gasteiger partial charge in [0.2, 0.25) is 0 Å². The maximum atomic E-state index is 13.0. The topological polar surface area (TPSA) is 43.8 Å². The van der Waals surface area contributed by atoms with Gasteiger partial charge in [-0.15, -0.1) is 0 Å². The van der Waals surface area contributed by atoms with Crippen molar-refractivity contribution in [3.05, 3.63) is 83.9 Å². The molecule has 1 saturated carbocycles. The maximum absolute atomic E-state index is 13.0. The fourth-order valence-corrected chi connectivity index (χ4v) is 2.70. The molecule has 0 atom stereocenters. The van der Waals surface area contributed by atoms with E-state index in [1.54, 1.807) is 12.1 Å². The van der Waals surface area contributed by atoms with Gasteiger partial charge >= 0.3 is 0 Å². The van der Waals surface area contributed by atoms with Crippen LogP contribution in [0, 0.1) is 5.82 Å². The average Bonchev–Trinajstić information content (AvgIpc) is 3.36. The van der Waals surface area contributed by atoms with E-state index in [1.165, 1.54) is 36.5 Å². The van der Waals surface area contributed by atoms with E-state index in [9.17, 15) is 4.39 Å². The average molecular weight is 341 g/mol. The van der Waals surface area contributed by atoms with Crippen molar-refractivity contribution >= 4 is 11.9 Å². The molecule has 0 amide bonds. The lowest BCUT2D eigenvalue weighted by molar-refractivity contribution is 0.618. The Balaban J connectivity index is 0.000000179. The third-order valence-corrected chi connectivity index (χ3v) is 4.31. The molecule has 4 rings (SSSR count). The van der Waals surface area contributed by atoms with Crippen LogP contribution >= 0.6 is 11.9 Å². The van der Waals surface area contributed by atoms with Crippen molar-refractivity contribution in [2.24, 2.45) is 5.14 Å². The summed E-state index contributed by atoms with van der Waals surface area (Å²) >= 11 is 1.27. The Morgan fingerprint density at radius 2 is 1.88 bits per heavy atom. The molecule has 0 unspecified atom stereocenters. The Hall–Kier alpha value is -2.11. The lowest BCUT2D eigenvalue weighted by atomic mass is 10.2. The van der Waals surface area contributed by atoms with E-state index in [-0.39, 0.29) is 5.82 Å². The van der Waals surface area contributed by atoms with Crippen LogP contribution in [0.3, 0.4) is 0 Å². The van der Waals surface area contributed by atoms with Gasteiger partial charge in [-0.1, -0.05) is 30.3 Å². The molecule has 1 aliphatic carbocycles. The van der Waals surface area contributed by atoms with Crippen molar-refractivity contribution in [3.63, 3.8) is 0 Å². The number of aromatic nitrogens is 2. The highest BCUT2D eigenvalue weighted by molar-refractivity contribution is 7.97. The quantitative estimate of drug-likeness (QED) is 0.705. The first-order valence-corrected chi connectivity index (χ1v) is 8.82. The minimum Gasteiger partial charge on any atom is -0.274 e. The second-order valence-electron chi connectivity index (χ2n) is 5.77. The zero-order valence-electron chi connectivity index (χ0n) is 13.3. The molecule has 0 bridgehead atoms. The van der Waals surface area contributed by atoms with Crippen LogP contribution in [0.4, 0.5) is 4.39 Å². The van der Waals surface area contributed by atoms with Gasteiger partial charge in [-0.2, -0.15) is 5.10 Å². The van der Waals surface area contributed by atoms with Gasteiger partial charge in [0.15, 0.2) is 0 Å². The number of nitrogens with two attached hydrogens (primary N) is 1. The van der Waals surface area contributed by atoms with Crippen molar-refractivity contribution in [2.45, 2.75) is 30.2 Å². The Morgan fingerprint density at radius 3 is 2.50 bits per heavy atom. The van der Waals surface area contributed by atoms with Crippen molar-refractivity contribution in [1.82, 2.24) is 9.78 Å². The lowest BCUT2D eigenvalue weighted by Gasteiger charge is -2.01. The number of halogens is 1. The van der Waals surface area contributed by atoms with Crippen LogP contribution in [-0.2, 0) is 6.54 Å². The third-order valence-electron chi connectivity index (χ3n) is 3.77. The van der Waals surface area contributed by atoms with Crippen LogP contribution in [0.15, 0.2) is 71.8 Å². The summed E-state index contributed by atoms with van der Waals surface area (Å²) in [5.41, 5.74) is 2.13. The standard InChI is InChI=1S/C13H13FN2.C6H7NS/c14-12-3-1-2-10(8-12)9-16-7-6-13(15-16)11-4-5-11;7-8-6-4-2-1-3-5-6/h1-3,6-8,11H,4-5,9H2;1-5H,7H2. The highest BCUT2D eigenvalue weighted by atomic mass is 32.2. The minimum atomic E-state index is -0.188. The van der Waals surface area contributed by atoms with E-state index in [2.05, 4.69) is 11.2 Å². The summed E-state index contributed by atoms with van der Waals surface area (Å²) < 4.78 is 14.9. The van der Waals surface area contributed by atoms with Crippen molar-refractivity contribution in [3.8, 4) is 0 Å². The van der Waals surface area contributed by atoms with E-state index < -0.39 is 0 Å². The fourth-order valence-electron chi connectivity index (χ4n) is 2.38. The summed E-state index contributed by atoms with van der Waals surface area (Å²) in [6.07, 6.45) is 4.49. The highest BCUT2D eigenvalue weighted by Crippen LogP contribution is 2.38. The summed E-state index contributed by atoms with van der Waals surface area (Å²) in [5, 5.41) is 9.76. The molecule has 1 aromatic heterocycles. The molecule has 1 heterocycles. The van der Waals surface area contributed by atoms with E-state index in [0.717, 1.165) is 10.5 Å². The summed E-state index contributed by atoms with van der Waals surface area (Å²) in [6.45, 7) is 0.643. The summed E-state index contributed by atoms with van der Waals surface area (Å²) in [7, 11) is 0. The van der Waals surface area contributed by atoms with Crippen molar-refractivity contribution in [1.29, 1.82) is 0 Å². The minimum absolute atomic E-state index is 0.188. The van der Waals surface area contributed by atoms with Gasteiger partial charge in [0.05, 0.1) is 12.2 Å². The normalized spacial score (nSPS) is 13.2. The molecule has 3 nitrogen and oxygen atoms in total. The SMILES string of the molecule is Fc1cccc(Cn2ccc(C3CC3)n2)c1.NSc1ccccc1. The number of nitrogens with zero attached hydrogens (tertiary/aromatic N) is 2. The molecule has 0 saturated heterocycles. The van der Waals surface area contributed by atoms with Gasteiger partial charge < -0.3 is 0 Å². The number of rotatable bonds is 4. The lowest BCUT2D eigenvalue weighted by Crippen LogP contribution is -2.01. The van der Waals surface area contributed by atoms with Gasteiger partial charge in [0, 0.05) is 17.0 Å². The third kappa shape index (κ3) is 4.94. The van der Waals surface area contributed by atoms with E-state index >= 15 is 0 Å². The first-order chi connectivity index (χ1) is 11.7. The second-order valence-corrected chi connectivity index (χ2v) is 6.48. The molecule has 0 spiro atoms. The zero-order chi connectivity index (χ0) is 16.8. The molecule has 5 heteroatoms. The van der Waals surface area contributed by atoms with Crippen molar-refractivity contribution < 1.29 is 4.39 Å². The highest BCUT2D eigenvalue weighted by Gasteiger charge is 2.25. The molecule has 0 aliphatic heterocycles. The van der Waals surface area contributed by atoms with E-state index in [0.29, 0.717) is 12.5 Å². The summed E-state index contributed by atoms with van der Waals surface area (Å²) in [6, 6.07) is 18.6. The maximum Gasteiger partial charge on any atom is 0.123 e. The van der Waals surface area contributed by atoms with Crippen LogP contribution in [-0.4, -0.2) is 9.78 Å². The van der Waals surface area contributed by atoms with Crippen LogP contribution in [0.1, 0.15) is 30.0 Å². The largest absolute Gasteiger partial charge is 0.274 e. The molecule has 2 N–H and O–H groups in total. The molecule has 24 heavy (non-hydrogen) atoms. The second kappa shape index (κ2) is 8.13. The molecular weight excluding hydrogens is 321 g/mol. The Labute approximate surface area is 145 Å². The molecule has 124 valence electrons. The van der Waals surface area contributed by atoms with Gasteiger partial charge in [0.25, 0.3) is 0 Å². The molecule has 3 aromatic rings. The fraction of sp³-hybridized carbons (Fsp3) is 0.211. The number of hydrogen-bond donors (Lipinski definition) is 1. The molecular formula is C19H20FN3S. The predicted molar refractivity (Wildman–Crippen MR) is 96.2 cm³/mol. The summed E-state index contributed by atoms with van der Waals surface area (Å²) in [5.74, 6) is 0.487. The van der Waals surface area contributed by atoms with E-state index in [1.807, 2.05) is 47.3 Å². The summed E-state index contributed by atoms with van der Waals surface area (Å²) in [4.78, 5) is 1.10. The number of benzene rings is 2. The first-order valence-electron chi connectivity index (χ1n) is 7.94. The van der Waals surface area contributed by atoms with Gasteiger partial charge in [-0.05, 0) is 60.7 Å². The van der Waals surface area contributed by atoms with Gasteiger partial charge in [-0.25, -0.2) is 4.39 Å².